The number of fused-ring (bicyclic) bond motifs is 1. The average Bonchev–Trinajstić information content (AvgIpc) is 3.16. The topological polar surface area (TPSA) is 101 Å². The van der Waals surface area contributed by atoms with Crippen LogP contribution in [0.1, 0.15) is 11.3 Å². The van der Waals surface area contributed by atoms with Gasteiger partial charge in [0.05, 0.1) is 36.7 Å². The molecule has 1 aliphatic heterocycles. The highest BCUT2D eigenvalue weighted by Gasteiger charge is 2.18. The van der Waals surface area contributed by atoms with Gasteiger partial charge in [-0.2, -0.15) is 0 Å². The predicted octanol–water partition coefficient (Wildman–Crippen LogP) is 2.50. The Balaban J connectivity index is 1.43. The van der Waals surface area contributed by atoms with Crippen molar-refractivity contribution < 1.29 is 9.53 Å². The summed E-state index contributed by atoms with van der Waals surface area (Å²) in [5.74, 6) is 1.42. The lowest BCUT2D eigenvalue weighted by molar-refractivity contribution is -0.109. The number of carbonyl (C=O) groups excluding carboxylic acids is 1. The minimum Gasteiger partial charge on any atom is -0.375 e. The Labute approximate surface area is 168 Å². The third-order valence-corrected chi connectivity index (χ3v) is 4.37. The summed E-state index contributed by atoms with van der Waals surface area (Å²) in [5, 5.41) is 5.87. The van der Waals surface area contributed by atoms with Gasteiger partial charge in [0.2, 0.25) is 6.41 Å². The molecule has 4 rings (SSSR count). The molecule has 0 aliphatic carbocycles. The Bertz CT molecular complexity index is 1020. The lowest BCUT2D eigenvalue weighted by Gasteiger charge is -2.05. The summed E-state index contributed by atoms with van der Waals surface area (Å²) < 4.78 is 5.52. The Hall–Kier alpha value is -3.65. The van der Waals surface area contributed by atoms with Gasteiger partial charge in [-0.15, -0.1) is 0 Å². The molecule has 8 heteroatoms. The maximum Gasteiger partial charge on any atom is 0.207 e. The van der Waals surface area contributed by atoms with Crippen molar-refractivity contribution in [1.29, 1.82) is 0 Å². The fraction of sp³-hybridized carbons (Fsp3) is 0.190. The molecule has 146 valence electrons. The number of aliphatic imine (C=N–C) groups is 1. The predicted molar refractivity (Wildman–Crippen MR) is 110 cm³/mol. The zero-order valence-electron chi connectivity index (χ0n) is 15.7. The summed E-state index contributed by atoms with van der Waals surface area (Å²) in [6.07, 6.45) is 6.51. The van der Waals surface area contributed by atoms with E-state index >= 15 is 0 Å². The van der Waals surface area contributed by atoms with Crippen molar-refractivity contribution in [3.63, 3.8) is 0 Å². The quantitative estimate of drug-likeness (QED) is 0.454. The van der Waals surface area contributed by atoms with Gasteiger partial charge in [-0.1, -0.05) is 0 Å². The van der Waals surface area contributed by atoms with Crippen molar-refractivity contribution in [3.05, 3.63) is 66.2 Å². The molecule has 3 aromatic rings. The molecule has 4 heterocycles. The molecule has 8 nitrogen and oxygen atoms in total. The first kappa shape index (κ1) is 18.7. The lowest BCUT2D eigenvalue weighted by atomic mass is 10.1. The third kappa shape index (κ3) is 4.80. The van der Waals surface area contributed by atoms with Gasteiger partial charge in [-0.05, 0) is 42.0 Å². The number of hydrogen-bond acceptors (Lipinski definition) is 6. The van der Waals surface area contributed by atoms with Gasteiger partial charge >= 0.3 is 0 Å². The summed E-state index contributed by atoms with van der Waals surface area (Å²) in [6.45, 7) is 1.37. The maximum absolute atomic E-state index is 10.2. The zero-order valence-corrected chi connectivity index (χ0v) is 15.7. The summed E-state index contributed by atoms with van der Waals surface area (Å²) in [4.78, 5) is 28.0. The second kappa shape index (κ2) is 9.03. The van der Waals surface area contributed by atoms with Crippen molar-refractivity contribution in [2.24, 2.45) is 4.99 Å². The van der Waals surface area contributed by atoms with Gasteiger partial charge in [-0.3, -0.25) is 14.8 Å². The number of amidine groups is 1. The first-order valence-corrected chi connectivity index (χ1v) is 9.26. The van der Waals surface area contributed by atoms with Crippen LogP contribution in [0.5, 0.6) is 0 Å². The van der Waals surface area contributed by atoms with E-state index in [9.17, 15) is 4.79 Å². The summed E-state index contributed by atoms with van der Waals surface area (Å²) in [5.41, 5.74) is 4.84. The van der Waals surface area contributed by atoms with Crippen molar-refractivity contribution >= 4 is 23.8 Å². The summed E-state index contributed by atoms with van der Waals surface area (Å²) in [6, 6.07) is 11.7. The van der Waals surface area contributed by atoms with Crippen molar-refractivity contribution in [2.45, 2.75) is 13.0 Å². The number of ether oxygens (including phenoxy) is 1. The maximum atomic E-state index is 10.2. The third-order valence-electron chi connectivity index (χ3n) is 4.37. The Morgan fingerprint density at radius 2 is 2.07 bits per heavy atom. The van der Waals surface area contributed by atoms with Gasteiger partial charge < -0.3 is 15.4 Å². The van der Waals surface area contributed by atoms with Gasteiger partial charge in [0.1, 0.15) is 5.84 Å². The fourth-order valence-electron chi connectivity index (χ4n) is 2.99. The monoisotopic (exact) mass is 388 g/mol. The van der Waals surface area contributed by atoms with Crippen LogP contribution in [0.25, 0.3) is 11.3 Å². The minimum atomic E-state index is 0.436. The van der Waals surface area contributed by atoms with Gasteiger partial charge in [0.25, 0.3) is 0 Å². The molecule has 0 unspecified atom stereocenters. The van der Waals surface area contributed by atoms with Gasteiger partial charge in [0, 0.05) is 30.7 Å². The minimum absolute atomic E-state index is 0.436. The highest BCUT2D eigenvalue weighted by atomic mass is 16.5. The smallest absolute Gasteiger partial charge is 0.207 e. The second-order valence-electron chi connectivity index (χ2n) is 6.43. The zero-order chi connectivity index (χ0) is 19.9. The number of rotatable bonds is 8. The van der Waals surface area contributed by atoms with Crippen molar-refractivity contribution in [3.8, 4) is 11.3 Å². The van der Waals surface area contributed by atoms with Crippen LogP contribution >= 0.6 is 0 Å². The normalized spacial score (nSPS) is 13.7. The largest absolute Gasteiger partial charge is 0.375 e. The molecule has 1 aliphatic rings. The standard InChI is InChI=1S/C21H20N6O2/c28-14-23-9-10-29-13-15-3-8-24-20(11-15)27-21-12-19-18(26-21)2-1-17(25-19)16-4-6-22-7-5-16/h1-8,11,14H,9-10,12-13H2,(H,23,28)(H,24,26,27). The van der Waals surface area contributed by atoms with E-state index in [0.717, 1.165) is 34.0 Å². The van der Waals surface area contributed by atoms with Crippen LogP contribution in [0.3, 0.4) is 0 Å². The SMILES string of the molecule is O=CNCCOCc1ccnc(N=C2Cc3nc(-c4ccncc4)ccc3N2)c1. The molecule has 0 saturated heterocycles. The van der Waals surface area contributed by atoms with E-state index in [1.165, 1.54) is 0 Å². The molecule has 0 saturated carbocycles. The number of aromatic nitrogens is 3. The van der Waals surface area contributed by atoms with Crippen LogP contribution in [-0.2, 0) is 22.6 Å². The van der Waals surface area contributed by atoms with Crippen LogP contribution < -0.4 is 10.6 Å². The molecule has 3 aromatic heterocycles. The van der Waals surface area contributed by atoms with Gasteiger partial charge in [0.15, 0.2) is 5.82 Å². The van der Waals surface area contributed by atoms with E-state index in [2.05, 4.69) is 25.6 Å². The molecule has 0 aromatic carbocycles. The molecule has 29 heavy (non-hydrogen) atoms. The van der Waals surface area contributed by atoms with Gasteiger partial charge in [-0.25, -0.2) is 9.98 Å². The van der Waals surface area contributed by atoms with Crippen LogP contribution in [0.15, 0.2) is 60.0 Å². The van der Waals surface area contributed by atoms with Crippen LogP contribution in [0.2, 0.25) is 0 Å². The van der Waals surface area contributed by atoms with Crippen LogP contribution in [0.4, 0.5) is 11.5 Å². The summed E-state index contributed by atoms with van der Waals surface area (Å²) >= 11 is 0. The highest BCUT2D eigenvalue weighted by molar-refractivity contribution is 6.03. The fourth-order valence-corrected chi connectivity index (χ4v) is 2.99. The molecule has 1 amide bonds. The Morgan fingerprint density at radius 3 is 2.93 bits per heavy atom. The molecular weight excluding hydrogens is 368 g/mol. The first-order valence-electron chi connectivity index (χ1n) is 9.26. The number of carbonyl (C=O) groups is 1. The molecule has 0 spiro atoms. The number of hydrogen-bond donors (Lipinski definition) is 2. The van der Waals surface area contributed by atoms with E-state index in [0.29, 0.717) is 38.4 Å². The van der Waals surface area contributed by atoms with E-state index < -0.39 is 0 Å². The molecule has 0 radical (unpaired) electrons. The molecule has 0 bridgehead atoms. The first-order chi connectivity index (χ1) is 14.3. The number of nitrogens with one attached hydrogen (secondary N) is 2. The van der Waals surface area contributed by atoms with Crippen LogP contribution in [0, 0.1) is 0 Å². The van der Waals surface area contributed by atoms with Crippen molar-refractivity contribution in [1.82, 2.24) is 20.3 Å². The molecule has 2 N–H and O–H groups in total. The van der Waals surface area contributed by atoms with E-state index in [-0.39, 0.29) is 0 Å². The number of amides is 1. The van der Waals surface area contributed by atoms with Crippen LogP contribution in [-0.4, -0.2) is 40.3 Å². The average molecular weight is 388 g/mol. The van der Waals surface area contributed by atoms with E-state index in [1.54, 1.807) is 18.6 Å². The van der Waals surface area contributed by atoms with E-state index in [4.69, 9.17) is 9.72 Å². The van der Waals surface area contributed by atoms with Crippen molar-refractivity contribution in [2.75, 3.05) is 18.5 Å². The Morgan fingerprint density at radius 1 is 1.17 bits per heavy atom. The molecule has 0 fully saturated rings. The highest BCUT2D eigenvalue weighted by Crippen LogP contribution is 2.26. The second-order valence-corrected chi connectivity index (χ2v) is 6.43. The molecule has 0 atom stereocenters. The molecular formula is C21H20N6O2. The number of anilines is 1. The summed E-state index contributed by atoms with van der Waals surface area (Å²) in [7, 11) is 0. The lowest BCUT2D eigenvalue weighted by Crippen LogP contribution is -2.17. The number of pyridine rings is 3. The van der Waals surface area contributed by atoms with E-state index in [1.807, 2.05) is 36.4 Å². The Kier molecular flexibility index (Phi) is 5.82. The number of nitrogens with zero attached hydrogens (tertiary/aromatic N) is 4.